The SMILES string of the molecule is COC(=O)NNC(=O)c1ccc2nn(-c3cccnc3)cc2c1.O=C(NCC1CCCO1)c1ccc2nn(-c3cccnc3)cc2c1. The highest BCUT2D eigenvalue weighted by Crippen LogP contribution is 2.19. The number of carbonyl (C=O) groups is 3. The number of pyridine rings is 2. The minimum Gasteiger partial charge on any atom is -0.452 e. The van der Waals surface area contributed by atoms with Gasteiger partial charge in [0.2, 0.25) is 0 Å². The highest BCUT2D eigenvalue weighted by Gasteiger charge is 2.17. The fourth-order valence-electron chi connectivity index (χ4n) is 4.92. The first-order chi connectivity index (χ1) is 23.0. The molecule has 6 aromatic rings. The molecule has 1 atom stereocenters. The van der Waals surface area contributed by atoms with Crippen molar-refractivity contribution >= 4 is 39.7 Å². The van der Waals surface area contributed by atoms with E-state index in [1.165, 1.54) is 7.11 Å². The maximum Gasteiger partial charge on any atom is 0.425 e. The molecule has 1 saturated heterocycles. The van der Waals surface area contributed by atoms with Gasteiger partial charge in [0.05, 0.1) is 48.0 Å². The number of hydrogen-bond acceptors (Lipinski definition) is 9. The molecule has 5 heterocycles. The first kappa shape index (κ1) is 30.9. The van der Waals surface area contributed by atoms with E-state index in [9.17, 15) is 14.4 Å². The molecule has 47 heavy (non-hydrogen) atoms. The summed E-state index contributed by atoms with van der Waals surface area (Å²) in [5, 5.41) is 13.6. The van der Waals surface area contributed by atoms with Gasteiger partial charge in [0.1, 0.15) is 0 Å². The molecule has 1 fully saturated rings. The van der Waals surface area contributed by atoms with Crippen LogP contribution in [-0.4, -0.2) is 73.8 Å². The van der Waals surface area contributed by atoms with Crippen molar-refractivity contribution in [1.82, 2.24) is 45.7 Å². The maximum atomic E-state index is 12.3. The molecule has 238 valence electrons. The summed E-state index contributed by atoms with van der Waals surface area (Å²) in [4.78, 5) is 43.4. The third kappa shape index (κ3) is 7.57. The molecular weight excluding hydrogens is 602 g/mol. The molecule has 3 N–H and O–H groups in total. The highest BCUT2D eigenvalue weighted by atomic mass is 16.5. The van der Waals surface area contributed by atoms with Crippen LogP contribution in [0.5, 0.6) is 0 Å². The summed E-state index contributed by atoms with van der Waals surface area (Å²) in [7, 11) is 1.21. The molecule has 0 bridgehead atoms. The Bertz CT molecular complexity index is 2010. The van der Waals surface area contributed by atoms with E-state index in [-0.39, 0.29) is 12.0 Å². The molecule has 1 unspecified atom stereocenters. The Balaban J connectivity index is 0.000000165. The largest absolute Gasteiger partial charge is 0.452 e. The number of amides is 3. The van der Waals surface area contributed by atoms with Crippen molar-refractivity contribution in [3.05, 3.63) is 109 Å². The normalized spacial score (nSPS) is 13.9. The summed E-state index contributed by atoms with van der Waals surface area (Å²) in [6.07, 6.45) is 12.0. The van der Waals surface area contributed by atoms with Gasteiger partial charge in [0.15, 0.2) is 0 Å². The minimum absolute atomic E-state index is 0.0819. The average molecular weight is 634 g/mol. The van der Waals surface area contributed by atoms with E-state index in [0.29, 0.717) is 17.7 Å². The van der Waals surface area contributed by atoms with Crippen LogP contribution < -0.4 is 16.2 Å². The molecule has 0 aliphatic carbocycles. The van der Waals surface area contributed by atoms with Gasteiger partial charge >= 0.3 is 6.09 Å². The van der Waals surface area contributed by atoms with Gasteiger partial charge in [-0.15, -0.1) is 0 Å². The van der Waals surface area contributed by atoms with Crippen LogP contribution in [0.4, 0.5) is 4.79 Å². The van der Waals surface area contributed by atoms with Crippen LogP contribution in [0.15, 0.2) is 97.8 Å². The van der Waals surface area contributed by atoms with Gasteiger partial charge in [-0.25, -0.2) is 19.6 Å². The summed E-state index contributed by atoms with van der Waals surface area (Å²) >= 11 is 0. The zero-order valence-electron chi connectivity index (χ0n) is 25.4. The molecular formula is C33H31N9O5. The van der Waals surface area contributed by atoms with E-state index in [2.05, 4.69) is 41.1 Å². The second-order valence-corrected chi connectivity index (χ2v) is 10.5. The average Bonchev–Trinajstić information content (AvgIpc) is 3.90. The Morgan fingerprint density at radius 1 is 0.830 bits per heavy atom. The number of nitrogens with zero attached hydrogens (tertiary/aromatic N) is 6. The van der Waals surface area contributed by atoms with E-state index >= 15 is 0 Å². The lowest BCUT2D eigenvalue weighted by molar-refractivity contribution is 0.0857. The van der Waals surface area contributed by atoms with Crippen LogP contribution in [0.25, 0.3) is 33.2 Å². The molecule has 14 nitrogen and oxygen atoms in total. The Labute approximate surface area is 268 Å². The molecule has 0 saturated carbocycles. The first-order valence-corrected chi connectivity index (χ1v) is 14.8. The Morgan fingerprint density at radius 2 is 1.43 bits per heavy atom. The number of fused-ring (bicyclic) bond motifs is 2. The standard InChI is InChI=1S/C18H18N4O2.C15H13N5O3/c23-18(20-11-16-4-2-8-24-16)13-5-6-17-14(9-13)12-22(21-17)15-3-1-7-19-10-15;1-23-15(22)18-17-14(21)10-4-5-13-11(7-10)9-20(19-13)12-3-2-6-16-8-12/h1,3,5-7,9-10,12,16H,2,4,8,11H2,(H,20,23);2-9H,1H3,(H,17,21)(H,18,22). The van der Waals surface area contributed by atoms with Crippen molar-refractivity contribution in [3.63, 3.8) is 0 Å². The highest BCUT2D eigenvalue weighted by molar-refractivity contribution is 5.99. The van der Waals surface area contributed by atoms with Gasteiger partial charge in [-0.1, -0.05) is 0 Å². The number of methoxy groups -OCH3 is 1. The monoisotopic (exact) mass is 633 g/mol. The molecule has 0 radical (unpaired) electrons. The molecule has 1 aliphatic heterocycles. The fourth-order valence-corrected chi connectivity index (χ4v) is 4.92. The summed E-state index contributed by atoms with van der Waals surface area (Å²) < 4.78 is 13.4. The predicted molar refractivity (Wildman–Crippen MR) is 172 cm³/mol. The number of carbonyl (C=O) groups excluding carboxylic acids is 3. The number of nitrogens with one attached hydrogen (secondary N) is 3. The van der Waals surface area contributed by atoms with E-state index in [0.717, 1.165) is 52.6 Å². The van der Waals surface area contributed by atoms with Gasteiger partial charge in [0.25, 0.3) is 11.8 Å². The van der Waals surface area contributed by atoms with E-state index in [1.54, 1.807) is 64.6 Å². The molecule has 0 spiro atoms. The van der Waals surface area contributed by atoms with Gasteiger partial charge in [-0.3, -0.25) is 25.0 Å². The third-order valence-corrected chi connectivity index (χ3v) is 7.33. The topological polar surface area (TPSA) is 167 Å². The quantitative estimate of drug-likeness (QED) is 0.232. The number of ether oxygens (including phenoxy) is 2. The van der Waals surface area contributed by atoms with E-state index in [4.69, 9.17) is 4.74 Å². The van der Waals surface area contributed by atoms with Crippen molar-refractivity contribution < 1.29 is 23.9 Å². The number of hydrogen-bond donors (Lipinski definition) is 3. The number of aromatic nitrogens is 6. The predicted octanol–water partition coefficient (Wildman–Crippen LogP) is 3.75. The maximum absolute atomic E-state index is 12.3. The van der Waals surface area contributed by atoms with Crippen molar-refractivity contribution in [1.29, 1.82) is 0 Å². The van der Waals surface area contributed by atoms with Crippen LogP contribution in [0.3, 0.4) is 0 Å². The lowest BCUT2D eigenvalue weighted by Crippen LogP contribution is -2.41. The number of benzene rings is 2. The van der Waals surface area contributed by atoms with Crippen molar-refractivity contribution in [3.8, 4) is 11.4 Å². The first-order valence-electron chi connectivity index (χ1n) is 14.8. The third-order valence-electron chi connectivity index (χ3n) is 7.33. The zero-order valence-corrected chi connectivity index (χ0v) is 25.4. The molecule has 1 aliphatic rings. The van der Waals surface area contributed by atoms with Gasteiger partial charge in [-0.2, -0.15) is 10.2 Å². The van der Waals surface area contributed by atoms with Crippen molar-refractivity contribution in [2.45, 2.75) is 18.9 Å². The van der Waals surface area contributed by atoms with E-state index < -0.39 is 12.0 Å². The molecule has 7 rings (SSSR count). The summed E-state index contributed by atoms with van der Waals surface area (Å²) in [5.74, 6) is -0.534. The van der Waals surface area contributed by atoms with E-state index in [1.807, 2.05) is 42.6 Å². The van der Waals surface area contributed by atoms with Gasteiger partial charge < -0.3 is 14.8 Å². The van der Waals surface area contributed by atoms with Crippen LogP contribution in [0.1, 0.15) is 33.6 Å². The lowest BCUT2D eigenvalue weighted by Gasteiger charge is -2.10. The van der Waals surface area contributed by atoms with Crippen LogP contribution >= 0.6 is 0 Å². The fraction of sp³-hybridized carbons (Fsp3) is 0.182. The number of rotatable bonds is 6. The second-order valence-electron chi connectivity index (χ2n) is 10.5. The van der Waals surface area contributed by atoms with Crippen LogP contribution in [0, 0.1) is 0 Å². The van der Waals surface area contributed by atoms with Crippen LogP contribution in [0.2, 0.25) is 0 Å². The minimum atomic E-state index is -0.746. The molecule has 2 aromatic carbocycles. The molecule has 14 heteroatoms. The van der Waals surface area contributed by atoms with Crippen molar-refractivity contribution in [2.75, 3.05) is 20.3 Å². The van der Waals surface area contributed by atoms with Gasteiger partial charge in [-0.05, 0) is 73.5 Å². The summed E-state index contributed by atoms with van der Waals surface area (Å²) in [6, 6.07) is 18.1. The smallest absolute Gasteiger partial charge is 0.425 e. The van der Waals surface area contributed by atoms with Crippen LogP contribution in [-0.2, 0) is 9.47 Å². The second kappa shape index (κ2) is 14.3. The zero-order chi connectivity index (χ0) is 32.6. The summed E-state index contributed by atoms with van der Waals surface area (Å²) in [6.45, 7) is 1.35. The Morgan fingerprint density at radius 3 is 1.94 bits per heavy atom. The summed E-state index contributed by atoms with van der Waals surface area (Å²) in [5.41, 5.74) is 8.68. The molecule has 3 amide bonds. The van der Waals surface area contributed by atoms with Gasteiger partial charge in [0, 0.05) is 59.8 Å². The number of hydrazine groups is 1. The molecule has 4 aromatic heterocycles. The van der Waals surface area contributed by atoms with Crippen molar-refractivity contribution in [2.24, 2.45) is 0 Å². The Hall–Kier alpha value is -6.15. The lowest BCUT2D eigenvalue weighted by atomic mass is 10.1. The Kier molecular flexibility index (Phi) is 9.39.